The van der Waals surface area contributed by atoms with Crippen LogP contribution in [0.15, 0.2) is 30.3 Å². The monoisotopic (exact) mass is 231 g/mol. The van der Waals surface area contributed by atoms with Gasteiger partial charge in [0.1, 0.15) is 5.75 Å². The van der Waals surface area contributed by atoms with E-state index in [1.165, 1.54) is 18.9 Å². The van der Waals surface area contributed by atoms with Crippen molar-refractivity contribution in [1.29, 1.82) is 0 Å². The van der Waals surface area contributed by atoms with Crippen LogP contribution in [0.5, 0.6) is 5.75 Å². The summed E-state index contributed by atoms with van der Waals surface area (Å²) < 4.78 is 5.94. The average Bonchev–Trinajstić information content (AvgIpc) is 2.80. The fourth-order valence-corrected chi connectivity index (χ4v) is 2.08. The lowest BCUT2D eigenvalue weighted by atomic mass is 10.2. The number of carbonyl (C=O) groups is 1. The Morgan fingerprint density at radius 1 is 1.29 bits per heavy atom. The number of carbonyl (C=O) groups excluding carboxylic acids is 1. The molecule has 1 saturated carbocycles. The number of hydrogen-bond donors (Lipinski definition) is 1. The molecule has 17 heavy (non-hydrogen) atoms. The molecule has 1 aliphatic carbocycles. The first kappa shape index (κ1) is 11.7. The molecule has 1 aromatic rings. The molecule has 0 aromatic heterocycles. The predicted octanol–water partition coefficient (Wildman–Crippen LogP) is 2.51. The molecule has 0 heterocycles. The molecule has 1 aromatic carbocycles. The molecule has 3 heteroatoms. The number of primary amides is 1. The van der Waals surface area contributed by atoms with Crippen LogP contribution in [-0.2, 0) is 4.79 Å². The van der Waals surface area contributed by atoms with E-state index in [1.54, 1.807) is 6.08 Å². The first-order valence-corrected chi connectivity index (χ1v) is 5.99. The third kappa shape index (κ3) is 3.34. The number of benzene rings is 1. The SMILES string of the molecule is NC(=O)/C=C\c1ccccc1OC1CCCC1. The molecule has 2 N–H and O–H groups in total. The van der Waals surface area contributed by atoms with Crippen LogP contribution in [0.25, 0.3) is 6.08 Å². The molecule has 2 rings (SSSR count). The Hall–Kier alpha value is -1.77. The largest absolute Gasteiger partial charge is 0.490 e. The molecular formula is C14H17NO2. The summed E-state index contributed by atoms with van der Waals surface area (Å²) in [6.07, 6.45) is 8.09. The van der Waals surface area contributed by atoms with Gasteiger partial charge in [-0.15, -0.1) is 0 Å². The minimum absolute atomic E-state index is 0.318. The molecule has 0 spiro atoms. The third-order valence-electron chi connectivity index (χ3n) is 2.94. The third-order valence-corrected chi connectivity index (χ3v) is 2.94. The molecule has 0 atom stereocenters. The maximum atomic E-state index is 10.7. The van der Waals surface area contributed by atoms with Crippen LogP contribution < -0.4 is 10.5 Å². The van der Waals surface area contributed by atoms with Gasteiger partial charge in [0.05, 0.1) is 6.10 Å². The highest BCUT2D eigenvalue weighted by Crippen LogP contribution is 2.27. The van der Waals surface area contributed by atoms with Crippen molar-refractivity contribution in [3.05, 3.63) is 35.9 Å². The minimum atomic E-state index is -0.444. The second kappa shape index (κ2) is 5.53. The highest BCUT2D eigenvalue weighted by Gasteiger charge is 2.17. The highest BCUT2D eigenvalue weighted by molar-refractivity contribution is 5.90. The first-order chi connectivity index (χ1) is 8.25. The van der Waals surface area contributed by atoms with Gasteiger partial charge in [-0.1, -0.05) is 18.2 Å². The van der Waals surface area contributed by atoms with Crippen molar-refractivity contribution < 1.29 is 9.53 Å². The molecule has 1 aliphatic rings. The Kier molecular flexibility index (Phi) is 3.81. The van der Waals surface area contributed by atoms with Gasteiger partial charge in [-0.05, 0) is 37.8 Å². The summed E-state index contributed by atoms with van der Waals surface area (Å²) >= 11 is 0. The lowest BCUT2D eigenvalue weighted by molar-refractivity contribution is -0.113. The number of hydrogen-bond acceptors (Lipinski definition) is 2. The average molecular weight is 231 g/mol. The van der Waals surface area contributed by atoms with Gasteiger partial charge in [0, 0.05) is 11.6 Å². The smallest absolute Gasteiger partial charge is 0.241 e. The molecule has 0 unspecified atom stereocenters. The summed E-state index contributed by atoms with van der Waals surface area (Å²) in [5.74, 6) is 0.387. The standard InChI is InChI=1S/C14H17NO2/c15-14(16)10-9-11-5-1-4-8-13(11)17-12-6-2-3-7-12/h1,4-5,8-10,12H,2-3,6-7H2,(H2,15,16)/b10-9-. The van der Waals surface area contributed by atoms with E-state index in [9.17, 15) is 4.79 Å². The Morgan fingerprint density at radius 2 is 2.00 bits per heavy atom. The van der Waals surface area contributed by atoms with E-state index in [0.717, 1.165) is 24.2 Å². The van der Waals surface area contributed by atoms with Gasteiger partial charge in [0.15, 0.2) is 0 Å². The normalized spacial score (nSPS) is 16.5. The maximum Gasteiger partial charge on any atom is 0.241 e. The zero-order valence-corrected chi connectivity index (χ0v) is 9.76. The minimum Gasteiger partial charge on any atom is -0.490 e. The van der Waals surface area contributed by atoms with Gasteiger partial charge < -0.3 is 10.5 Å². The van der Waals surface area contributed by atoms with E-state index >= 15 is 0 Å². The van der Waals surface area contributed by atoms with Crippen LogP contribution in [0, 0.1) is 0 Å². The Balaban J connectivity index is 2.12. The van der Waals surface area contributed by atoms with Crippen molar-refractivity contribution in [1.82, 2.24) is 0 Å². The second-order valence-corrected chi connectivity index (χ2v) is 4.30. The Labute approximate surface area is 101 Å². The van der Waals surface area contributed by atoms with Crippen molar-refractivity contribution in [2.24, 2.45) is 5.73 Å². The molecule has 1 amide bonds. The van der Waals surface area contributed by atoms with E-state index in [1.807, 2.05) is 24.3 Å². The molecule has 90 valence electrons. The summed E-state index contributed by atoms with van der Waals surface area (Å²) in [5.41, 5.74) is 5.99. The van der Waals surface area contributed by atoms with Gasteiger partial charge >= 0.3 is 0 Å². The number of nitrogens with two attached hydrogens (primary N) is 1. The van der Waals surface area contributed by atoms with Crippen LogP contribution in [-0.4, -0.2) is 12.0 Å². The summed E-state index contributed by atoms with van der Waals surface area (Å²) in [7, 11) is 0. The van der Waals surface area contributed by atoms with Crippen LogP contribution >= 0.6 is 0 Å². The number of ether oxygens (including phenoxy) is 1. The molecule has 3 nitrogen and oxygen atoms in total. The molecule has 0 bridgehead atoms. The molecule has 0 saturated heterocycles. The van der Waals surface area contributed by atoms with Gasteiger partial charge in [-0.3, -0.25) is 4.79 Å². The topological polar surface area (TPSA) is 52.3 Å². The maximum absolute atomic E-state index is 10.7. The second-order valence-electron chi connectivity index (χ2n) is 4.30. The summed E-state index contributed by atoms with van der Waals surface area (Å²) in [5, 5.41) is 0. The van der Waals surface area contributed by atoms with E-state index in [4.69, 9.17) is 10.5 Å². The van der Waals surface area contributed by atoms with Gasteiger partial charge in [0.25, 0.3) is 0 Å². The number of amides is 1. The summed E-state index contributed by atoms with van der Waals surface area (Å²) in [6, 6.07) is 7.71. The fourth-order valence-electron chi connectivity index (χ4n) is 2.08. The molecule has 1 fully saturated rings. The van der Waals surface area contributed by atoms with E-state index < -0.39 is 5.91 Å². The van der Waals surface area contributed by atoms with E-state index in [-0.39, 0.29) is 0 Å². The van der Waals surface area contributed by atoms with Crippen LogP contribution in [0.1, 0.15) is 31.2 Å². The van der Waals surface area contributed by atoms with Crippen LogP contribution in [0.3, 0.4) is 0 Å². The van der Waals surface area contributed by atoms with Gasteiger partial charge in [-0.2, -0.15) is 0 Å². The van der Waals surface area contributed by atoms with Crippen molar-refractivity contribution in [3.8, 4) is 5.75 Å². The Morgan fingerprint density at radius 3 is 2.71 bits per heavy atom. The lowest BCUT2D eigenvalue weighted by Crippen LogP contribution is -2.11. The zero-order valence-electron chi connectivity index (χ0n) is 9.76. The fraction of sp³-hybridized carbons (Fsp3) is 0.357. The number of para-hydroxylation sites is 1. The zero-order chi connectivity index (χ0) is 12.1. The van der Waals surface area contributed by atoms with Gasteiger partial charge in [-0.25, -0.2) is 0 Å². The quantitative estimate of drug-likeness (QED) is 0.809. The van der Waals surface area contributed by atoms with Crippen molar-refractivity contribution in [3.63, 3.8) is 0 Å². The lowest BCUT2D eigenvalue weighted by Gasteiger charge is -2.14. The highest BCUT2D eigenvalue weighted by atomic mass is 16.5. The van der Waals surface area contributed by atoms with Crippen molar-refractivity contribution >= 4 is 12.0 Å². The predicted molar refractivity (Wildman–Crippen MR) is 67.6 cm³/mol. The van der Waals surface area contributed by atoms with Gasteiger partial charge in [0.2, 0.25) is 5.91 Å². The summed E-state index contributed by atoms with van der Waals surface area (Å²) in [6.45, 7) is 0. The summed E-state index contributed by atoms with van der Waals surface area (Å²) in [4.78, 5) is 10.7. The number of rotatable bonds is 4. The van der Waals surface area contributed by atoms with Crippen LogP contribution in [0.4, 0.5) is 0 Å². The van der Waals surface area contributed by atoms with Crippen molar-refractivity contribution in [2.75, 3.05) is 0 Å². The molecule has 0 radical (unpaired) electrons. The van der Waals surface area contributed by atoms with Crippen molar-refractivity contribution in [2.45, 2.75) is 31.8 Å². The Bertz CT molecular complexity index is 420. The first-order valence-electron chi connectivity index (χ1n) is 5.99. The van der Waals surface area contributed by atoms with E-state index in [0.29, 0.717) is 6.10 Å². The van der Waals surface area contributed by atoms with E-state index in [2.05, 4.69) is 0 Å². The molecular weight excluding hydrogens is 214 g/mol. The van der Waals surface area contributed by atoms with Crippen LogP contribution in [0.2, 0.25) is 0 Å². The molecule has 0 aliphatic heterocycles.